The van der Waals surface area contributed by atoms with E-state index in [0.717, 1.165) is 10.6 Å². The van der Waals surface area contributed by atoms with Crippen LogP contribution in [0.4, 0.5) is 18.0 Å². The summed E-state index contributed by atoms with van der Waals surface area (Å²) in [7, 11) is -1.15. The number of hydrogen-bond acceptors (Lipinski definition) is 4. The van der Waals surface area contributed by atoms with Gasteiger partial charge in [-0.1, -0.05) is 0 Å². The summed E-state index contributed by atoms with van der Waals surface area (Å²) in [5, 5.41) is 9.48. The van der Waals surface area contributed by atoms with Gasteiger partial charge in [-0.25, -0.2) is 4.79 Å². The monoisotopic (exact) mass is 371 g/mol. The summed E-state index contributed by atoms with van der Waals surface area (Å²) in [5.74, 6) is -0.494. The second-order valence-corrected chi connectivity index (χ2v) is 7.01. The summed E-state index contributed by atoms with van der Waals surface area (Å²) in [4.78, 5) is 11.3. The number of nitrogens with zero attached hydrogens (tertiary/aromatic N) is 1. The Morgan fingerprint density at radius 1 is 1.15 bits per heavy atom. The molecule has 140 valence electrons. The predicted octanol–water partition coefficient (Wildman–Crippen LogP) is 3.37. The highest BCUT2D eigenvalue weighted by Crippen LogP contribution is 2.38. The molecule has 0 aliphatic carbocycles. The first-order chi connectivity index (χ1) is 11.8. The van der Waals surface area contributed by atoms with Crippen LogP contribution >= 0.6 is 0 Å². The molecule has 3 rings (SSSR count). The highest BCUT2D eigenvalue weighted by atomic mass is 19.4. The van der Waals surface area contributed by atoms with Crippen molar-refractivity contribution in [3.05, 3.63) is 24.4 Å². The van der Waals surface area contributed by atoms with E-state index in [4.69, 9.17) is 9.31 Å². The van der Waals surface area contributed by atoms with Gasteiger partial charge in [0.05, 0.1) is 16.7 Å². The van der Waals surface area contributed by atoms with Crippen molar-refractivity contribution in [2.45, 2.75) is 45.3 Å². The van der Waals surface area contributed by atoms with Gasteiger partial charge in [0.15, 0.2) is 0 Å². The Hall–Kier alpha value is -2.20. The number of benzene rings is 1. The van der Waals surface area contributed by atoms with Gasteiger partial charge in [-0.2, -0.15) is 0 Å². The van der Waals surface area contributed by atoms with Crippen LogP contribution in [-0.4, -0.2) is 40.4 Å². The Bertz CT molecular complexity index is 859. The fraction of sp³-hybridized carbons (Fsp3) is 0.438. The molecule has 0 radical (unpaired) electrons. The van der Waals surface area contributed by atoms with Crippen molar-refractivity contribution < 1.29 is 37.1 Å². The second-order valence-electron chi connectivity index (χ2n) is 7.01. The summed E-state index contributed by atoms with van der Waals surface area (Å²) in [6, 6.07) is 3.71. The van der Waals surface area contributed by atoms with Crippen LogP contribution in [0.15, 0.2) is 24.4 Å². The summed E-state index contributed by atoms with van der Waals surface area (Å²) >= 11 is 0. The molecule has 1 aliphatic heterocycles. The molecule has 1 aliphatic rings. The van der Waals surface area contributed by atoms with Gasteiger partial charge in [-0.05, 0) is 45.9 Å². The largest absolute Gasteiger partial charge is 0.573 e. The molecule has 0 bridgehead atoms. The van der Waals surface area contributed by atoms with E-state index in [-0.39, 0.29) is 16.4 Å². The summed E-state index contributed by atoms with van der Waals surface area (Å²) in [6.07, 6.45) is -4.93. The van der Waals surface area contributed by atoms with Gasteiger partial charge in [0.2, 0.25) is 0 Å². The Balaban J connectivity index is 2.20. The first-order valence-electron chi connectivity index (χ1n) is 7.81. The van der Waals surface area contributed by atoms with Crippen molar-refractivity contribution in [1.82, 2.24) is 4.57 Å². The van der Waals surface area contributed by atoms with Crippen LogP contribution < -0.4 is 10.2 Å². The van der Waals surface area contributed by atoms with Crippen LogP contribution in [0, 0.1) is 0 Å². The number of rotatable bonds is 2. The molecule has 10 heteroatoms. The van der Waals surface area contributed by atoms with Gasteiger partial charge in [-0.3, -0.25) is 4.57 Å². The third-order valence-electron chi connectivity index (χ3n) is 4.79. The lowest BCUT2D eigenvalue weighted by atomic mass is 9.76. The molecular formula is C16H17BF3NO5. The minimum Gasteiger partial charge on any atom is -0.464 e. The van der Waals surface area contributed by atoms with Crippen LogP contribution in [0.1, 0.15) is 27.7 Å². The zero-order chi connectivity index (χ0) is 19.5. The van der Waals surface area contributed by atoms with E-state index in [2.05, 4.69) is 4.74 Å². The standard InChI is InChI=1S/C16H17BF3NO5/c1-14(2)15(3,4)26-17(25-14)12-9-7-8-21(13(22)23)10(9)5-6-11(12)24-16(18,19)20/h5-8H,1-4H3,(H,22,23). The van der Waals surface area contributed by atoms with E-state index < -0.39 is 36.5 Å². The van der Waals surface area contributed by atoms with Crippen molar-refractivity contribution in [1.29, 1.82) is 0 Å². The molecule has 2 heterocycles. The number of fused-ring (bicyclic) bond motifs is 1. The van der Waals surface area contributed by atoms with Crippen molar-refractivity contribution in [3.63, 3.8) is 0 Å². The Morgan fingerprint density at radius 3 is 2.23 bits per heavy atom. The highest BCUT2D eigenvalue weighted by Gasteiger charge is 2.53. The number of alkyl halides is 3. The topological polar surface area (TPSA) is 69.9 Å². The van der Waals surface area contributed by atoms with Crippen LogP contribution in [0.3, 0.4) is 0 Å². The third-order valence-corrected chi connectivity index (χ3v) is 4.79. The van der Waals surface area contributed by atoms with Gasteiger partial charge < -0.3 is 19.2 Å². The second kappa shape index (κ2) is 5.65. The molecule has 1 aromatic carbocycles. The van der Waals surface area contributed by atoms with E-state index in [1.54, 1.807) is 27.7 Å². The minimum absolute atomic E-state index is 0.00141. The zero-order valence-electron chi connectivity index (χ0n) is 14.5. The van der Waals surface area contributed by atoms with Gasteiger partial charge in [0, 0.05) is 17.0 Å². The van der Waals surface area contributed by atoms with Crippen molar-refractivity contribution >= 4 is 29.6 Å². The minimum atomic E-state index is -4.92. The number of hydrogen-bond donors (Lipinski definition) is 1. The normalized spacial score (nSPS) is 19.1. The maximum absolute atomic E-state index is 12.8. The van der Waals surface area contributed by atoms with Gasteiger partial charge in [0.1, 0.15) is 5.75 Å². The molecule has 1 saturated heterocycles. The van der Waals surface area contributed by atoms with Crippen molar-refractivity contribution in [2.24, 2.45) is 0 Å². The Labute approximate surface area is 147 Å². The summed E-state index contributed by atoms with van der Waals surface area (Å²) in [6.45, 7) is 7.05. The molecule has 0 atom stereocenters. The number of aromatic nitrogens is 1. The quantitative estimate of drug-likeness (QED) is 0.820. The van der Waals surface area contributed by atoms with E-state index in [1.807, 2.05) is 0 Å². The average molecular weight is 371 g/mol. The number of carboxylic acid groups (broad SMARTS) is 1. The SMILES string of the molecule is CC1(C)OB(c2c(OC(F)(F)F)ccc3c2ccn3C(=O)O)OC1(C)C. The molecule has 2 aromatic rings. The number of halogens is 3. The van der Waals surface area contributed by atoms with Crippen LogP contribution in [0.2, 0.25) is 0 Å². The fourth-order valence-electron chi connectivity index (χ4n) is 2.80. The van der Waals surface area contributed by atoms with E-state index in [0.29, 0.717) is 0 Å². The lowest BCUT2D eigenvalue weighted by Crippen LogP contribution is -2.41. The molecule has 6 nitrogen and oxygen atoms in total. The molecule has 0 saturated carbocycles. The van der Waals surface area contributed by atoms with Gasteiger partial charge in [-0.15, -0.1) is 13.2 Å². The molecule has 1 aromatic heterocycles. The molecule has 0 spiro atoms. The van der Waals surface area contributed by atoms with Crippen molar-refractivity contribution in [2.75, 3.05) is 0 Å². The molecular weight excluding hydrogens is 354 g/mol. The number of carbonyl (C=O) groups is 1. The zero-order valence-corrected chi connectivity index (χ0v) is 14.5. The fourth-order valence-corrected chi connectivity index (χ4v) is 2.80. The predicted molar refractivity (Wildman–Crippen MR) is 87.8 cm³/mol. The third kappa shape index (κ3) is 3.03. The van der Waals surface area contributed by atoms with E-state index in [9.17, 15) is 23.1 Å². The number of ether oxygens (including phenoxy) is 1. The Kier molecular flexibility index (Phi) is 4.04. The maximum Gasteiger partial charge on any atom is 0.573 e. The first kappa shape index (κ1) is 18.6. The van der Waals surface area contributed by atoms with Crippen molar-refractivity contribution in [3.8, 4) is 5.75 Å². The lowest BCUT2D eigenvalue weighted by molar-refractivity contribution is -0.274. The molecule has 1 fully saturated rings. The molecule has 26 heavy (non-hydrogen) atoms. The van der Waals surface area contributed by atoms with E-state index >= 15 is 0 Å². The summed E-state index contributed by atoms with van der Waals surface area (Å²) < 4.78 is 55.3. The first-order valence-corrected chi connectivity index (χ1v) is 7.81. The average Bonchev–Trinajstić information content (AvgIpc) is 2.95. The Morgan fingerprint density at radius 2 is 1.73 bits per heavy atom. The molecule has 0 unspecified atom stereocenters. The smallest absolute Gasteiger partial charge is 0.464 e. The molecule has 0 amide bonds. The van der Waals surface area contributed by atoms with Crippen LogP contribution in [0.5, 0.6) is 5.75 Å². The van der Waals surface area contributed by atoms with E-state index in [1.165, 1.54) is 18.3 Å². The summed E-state index contributed by atoms with van der Waals surface area (Å²) in [5.41, 5.74) is -1.37. The molecule has 1 N–H and O–H groups in total. The van der Waals surface area contributed by atoms with Crippen LogP contribution in [-0.2, 0) is 9.31 Å². The van der Waals surface area contributed by atoms with Gasteiger partial charge in [0.25, 0.3) is 0 Å². The van der Waals surface area contributed by atoms with Gasteiger partial charge >= 0.3 is 19.6 Å². The highest BCUT2D eigenvalue weighted by molar-refractivity contribution is 6.66. The maximum atomic E-state index is 12.8. The lowest BCUT2D eigenvalue weighted by Gasteiger charge is -2.32. The van der Waals surface area contributed by atoms with Crippen LogP contribution in [0.25, 0.3) is 10.9 Å².